The summed E-state index contributed by atoms with van der Waals surface area (Å²) < 4.78 is 2.50. The van der Waals surface area contributed by atoms with Gasteiger partial charge in [0.2, 0.25) is 0 Å². The van der Waals surface area contributed by atoms with Crippen LogP contribution in [-0.4, -0.2) is 4.57 Å². The van der Waals surface area contributed by atoms with Crippen LogP contribution in [0.15, 0.2) is 231 Å². The first kappa shape index (κ1) is 34.1. The third kappa shape index (κ3) is 5.28. The van der Waals surface area contributed by atoms with Crippen LogP contribution in [0.1, 0.15) is 0 Å². The van der Waals surface area contributed by atoms with E-state index in [0.29, 0.717) is 0 Å². The molecule has 0 atom stereocenters. The minimum absolute atomic E-state index is 1.09. The van der Waals surface area contributed by atoms with E-state index in [-0.39, 0.29) is 0 Å². The van der Waals surface area contributed by atoms with Crippen LogP contribution in [0.4, 0.5) is 17.1 Å². The Bertz CT molecular complexity index is 3590. The third-order valence-electron chi connectivity index (χ3n) is 12.3. The number of para-hydroxylation sites is 2. The smallest absolute Gasteiger partial charge is 0.0782 e. The van der Waals surface area contributed by atoms with Crippen LogP contribution >= 0.6 is 0 Å². The molecule has 12 rings (SSSR count). The second-order valence-corrected chi connectivity index (χ2v) is 15.6. The van der Waals surface area contributed by atoms with Gasteiger partial charge in [0, 0.05) is 27.2 Å². The van der Waals surface area contributed by atoms with Gasteiger partial charge >= 0.3 is 0 Å². The van der Waals surface area contributed by atoms with Crippen molar-refractivity contribution < 1.29 is 0 Å². The maximum Gasteiger partial charge on any atom is 0.0782 e. The van der Waals surface area contributed by atoms with Gasteiger partial charge in [-0.3, -0.25) is 0 Å². The van der Waals surface area contributed by atoms with Crippen molar-refractivity contribution >= 4 is 82.0 Å². The maximum absolute atomic E-state index is 2.51. The lowest BCUT2D eigenvalue weighted by molar-refractivity contribution is 1.18. The fourth-order valence-electron chi connectivity index (χ4n) is 9.77. The van der Waals surface area contributed by atoms with Gasteiger partial charge in [-0.25, -0.2) is 0 Å². The molecule has 0 bridgehead atoms. The van der Waals surface area contributed by atoms with E-state index >= 15 is 0 Å². The van der Waals surface area contributed by atoms with Crippen LogP contribution < -0.4 is 4.90 Å². The van der Waals surface area contributed by atoms with Gasteiger partial charge in [-0.2, -0.15) is 0 Å². The number of fused-ring (bicyclic) bond motifs is 8. The Balaban J connectivity index is 1.24. The Morgan fingerprint density at radius 3 is 1.55 bits per heavy atom. The highest BCUT2D eigenvalue weighted by molar-refractivity contribution is 6.23. The quantitative estimate of drug-likeness (QED) is 0.153. The fraction of sp³-hybridized carbons (Fsp3) is 0. The summed E-state index contributed by atoms with van der Waals surface area (Å²) in [6, 6.07) is 84.4. The lowest BCUT2D eigenvalue weighted by atomic mass is 9.85. The zero-order valence-electron chi connectivity index (χ0n) is 32.8. The molecular formula is C58H38N2. The lowest BCUT2D eigenvalue weighted by Gasteiger charge is -2.29. The van der Waals surface area contributed by atoms with Gasteiger partial charge in [0.25, 0.3) is 0 Å². The average Bonchev–Trinajstić information content (AvgIpc) is 3.66. The van der Waals surface area contributed by atoms with Crippen LogP contribution in [0.3, 0.4) is 0 Å². The summed E-state index contributed by atoms with van der Waals surface area (Å²) in [5.74, 6) is 0. The molecule has 0 spiro atoms. The van der Waals surface area contributed by atoms with E-state index in [2.05, 4.69) is 240 Å². The summed E-state index contributed by atoms with van der Waals surface area (Å²) in [6.45, 7) is 0. The Kier molecular flexibility index (Phi) is 7.89. The molecule has 2 nitrogen and oxygen atoms in total. The second kappa shape index (κ2) is 13.9. The van der Waals surface area contributed by atoms with Crippen molar-refractivity contribution in [3.8, 4) is 27.9 Å². The molecule has 0 aliphatic rings. The minimum Gasteiger partial charge on any atom is -0.308 e. The molecule has 12 aromatic rings. The number of rotatable bonds is 6. The molecule has 2 heteroatoms. The van der Waals surface area contributed by atoms with Gasteiger partial charge in [0.15, 0.2) is 0 Å². The van der Waals surface area contributed by atoms with E-state index in [1.54, 1.807) is 0 Å². The summed E-state index contributed by atoms with van der Waals surface area (Å²) in [7, 11) is 0. The van der Waals surface area contributed by atoms with E-state index in [4.69, 9.17) is 0 Å². The number of benzene rings is 11. The average molecular weight is 763 g/mol. The predicted octanol–water partition coefficient (Wildman–Crippen LogP) is 16.2. The molecule has 0 aliphatic carbocycles. The second-order valence-electron chi connectivity index (χ2n) is 15.6. The van der Waals surface area contributed by atoms with Crippen LogP contribution in [0, 0.1) is 0 Å². The number of nitrogens with zero attached hydrogens (tertiary/aromatic N) is 2. The molecule has 0 amide bonds. The monoisotopic (exact) mass is 762 g/mol. The molecule has 0 aliphatic heterocycles. The molecule has 60 heavy (non-hydrogen) atoms. The van der Waals surface area contributed by atoms with Crippen LogP contribution in [0.2, 0.25) is 0 Å². The summed E-state index contributed by atoms with van der Waals surface area (Å²) in [5, 5.41) is 12.2. The largest absolute Gasteiger partial charge is 0.308 e. The first-order valence-electron chi connectivity index (χ1n) is 20.7. The highest BCUT2D eigenvalue weighted by Crippen LogP contribution is 2.49. The third-order valence-corrected chi connectivity index (χ3v) is 12.3. The van der Waals surface area contributed by atoms with Crippen LogP contribution in [0.25, 0.3) is 92.8 Å². The molecule has 0 radical (unpaired) electrons. The summed E-state index contributed by atoms with van der Waals surface area (Å²) >= 11 is 0. The maximum atomic E-state index is 2.51. The molecule has 0 unspecified atom stereocenters. The summed E-state index contributed by atoms with van der Waals surface area (Å²) in [4.78, 5) is 2.51. The first-order valence-corrected chi connectivity index (χ1v) is 20.7. The van der Waals surface area contributed by atoms with Crippen molar-refractivity contribution in [1.82, 2.24) is 4.57 Å². The van der Waals surface area contributed by atoms with E-state index in [1.807, 2.05) is 0 Å². The number of anilines is 3. The highest BCUT2D eigenvalue weighted by atomic mass is 15.2. The highest BCUT2D eigenvalue weighted by Gasteiger charge is 2.25. The van der Waals surface area contributed by atoms with Crippen molar-refractivity contribution in [1.29, 1.82) is 0 Å². The van der Waals surface area contributed by atoms with Gasteiger partial charge in [-0.05, 0) is 91.0 Å². The molecule has 1 heterocycles. The van der Waals surface area contributed by atoms with Gasteiger partial charge in [-0.1, -0.05) is 194 Å². The van der Waals surface area contributed by atoms with Crippen molar-refractivity contribution in [3.05, 3.63) is 231 Å². The van der Waals surface area contributed by atoms with Gasteiger partial charge < -0.3 is 9.47 Å². The molecular weight excluding hydrogens is 725 g/mol. The number of aromatic nitrogens is 1. The molecule has 0 saturated carbocycles. The predicted molar refractivity (Wildman–Crippen MR) is 256 cm³/mol. The number of hydrogen-bond acceptors (Lipinski definition) is 1. The molecule has 0 saturated heterocycles. The Morgan fingerprint density at radius 1 is 0.300 bits per heavy atom. The standard InChI is InChI=1S/C58H38N2/c1-3-20-41(21-4-1)56-49-30-12-11-28-46(49)47-37-36-43(38-51(47)57(56)42-22-5-2-6-23-42)59(52-33-15-24-39-18-7-9-26-44(39)52)55-35-17-31-50-48-29-13-14-32-54(48)60(58(50)55)53-34-16-25-40-19-8-10-27-45(40)53/h1-38H. The minimum atomic E-state index is 1.09. The van der Waals surface area contributed by atoms with Crippen molar-refractivity contribution in [2.45, 2.75) is 0 Å². The van der Waals surface area contributed by atoms with E-state index < -0.39 is 0 Å². The van der Waals surface area contributed by atoms with Gasteiger partial charge in [0.1, 0.15) is 0 Å². The molecule has 11 aromatic carbocycles. The number of hydrogen-bond donors (Lipinski definition) is 0. The molecule has 1 aromatic heterocycles. The van der Waals surface area contributed by atoms with Crippen LogP contribution in [0.5, 0.6) is 0 Å². The fourth-order valence-corrected chi connectivity index (χ4v) is 9.77. The van der Waals surface area contributed by atoms with Crippen molar-refractivity contribution in [2.75, 3.05) is 4.90 Å². The van der Waals surface area contributed by atoms with E-state index in [1.165, 1.54) is 81.6 Å². The van der Waals surface area contributed by atoms with Gasteiger partial charge in [-0.15, -0.1) is 0 Å². The summed E-state index contributed by atoms with van der Waals surface area (Å²) in [5.41, 5.74) is 11.7. The molecule has 0 fully saturated rings. The normalized spacial score (nSPS) is 11.7. The van der Waals surface area contributed by atoms with Crippen molar-refractivity contribution in [2.24, 2.45) is 0 Å². The SMILES string of the molecule is c1ccc(-c2c(-c3ccccc3)c3cc(N(c4cccc5ccccc45)c4cccc5c6ccccc6n(-c6cccc7ccccc67)c45)ccc3c3ccccc23)cc1. The van der Waals surface area contributed by atoms with Crippen molar-refractivity contribution in [3.63, 3.8) is 0 Å². The van der Waals surface area contributed by atoms with Gasteiger partial charge in [0.05, 0.1) is 28.1 Å². The first-order chi connectivity index (χ1) is 29.8. The Morgan fingerprint density at radius 2 is 0.800 bits per heavy atom. The Hall–Kier alpha value is -7.94. The molecule has 280 valence electrons. The Labute approximate surface area is 348 Å². The van der Waals surface area contributed by atoms with E-state index in [9.17, 15) is 0 Å². The van der Waals surface area contributed by atoms with E-state index in [0.717, 1.165) is 28.3 Å². The van der Waals surface area contributed by atoms with Crippen LogP contribution in [-0.2, 0) is 0 Å². The summed E-state index contributed by atoms with van der Waals surface area (Å²) in [6.07, 6.45) is 0. The topological polar surface area (TPSA) is 8.17 Å². The zero-order valence-corrected chi connectivity index (χ0v) is 32.8. The molecule has 0 N–H and O–H groups in total. The zero-order chi connectivity index (χ0) is 39.6. The lowest BCUT2D eigenvalue weighted by Crippen LogP contribution is -2.12.